The highest BCUT2D eigenvalue weighted by Crippen LogP contribution is 2.36. The third-order valence-corrected chi connectivity index (χ3v) is 4.36. The van der Waals surface area contributed by atoms with Crippen LogP contribution in [0.5, 0.6) is 0 Å². The maximum Gasteiger partial charge on any atom is 0.304 e. The van der Waals surface area contributed by atoms with E-state index in [1.807, 2.05) is 48.5 Å². The van der Waals surface area contributed by atoms with Crippen molar-refractivity contribution in [2.24, 2.45) is 5.92 Å². The molecule has 5 heteroatoms. The number of anilines is 1. The van der Waals surface area contributed by atoms with E-state index in [9.17, 15) is 14.7 Å². The van der Waals surface area contributed by atoms with E-state index in [1.165, 1.54) is 0 Å². The third-order valence-electron chi connectivity index (χ3n) is 4.36. The number of rotatable bonds is 4. The Morgan fingerprint density at radius 3 is 2.42 bits per heavy atom. The maximum atomic E-state index is 12.8. The largest absolute Gasteiger partial charge is 0.481 e. The molecule has 0 radical (unpaired) electrons. The average molecular weight is 325 g/mol. The Hall–Kier alpha value is -2.66. The van der Waals surface area contributed by atoms with Crippen LogP contribution >= 0.6 is 0 Å². The predicted octanol–water partition coefficient (Wildman–Crippen LogP) is 2.33. The molecular weight excluding hydrogens is 306 g/mol. The number of amides is 1. The Bertz CT molecular complexity index is 771. The second kappa shape index (κ2) is 6.84. The van der Waals surface area contributed by atoms with Crippen molar-refractivity contribution in [3.8, 4) is 11.1 Å². The summed E-state index contributed by atoms with van der Waals surface area (Å²) in [6.07, 6.45) is 0.308. The topological polar surface area (TPSA) is 77.8 Å². The molecule has 0 aliphatic carbocycles. The standard InChI is InChI=1S/C19H19NO4/c21-12-14(11-18(22)23)19(24)20-10-9-13-5-1-2-6-15(13)16-7-3-4-8-17(16)20/h1-8,14,21H,9-12H2,(H,22,23). The molecule has 0 saturated heterocycles. The van der Waals surface area contributed by atoms with Crippen LogP contribution in [0.25, 0.3) is 11.1 Å². The van der Waals surface area contributed by atoms with Gasteiger partial charge in [-0.05, 0) is 23.6 Å². The summed E-state index contributed by atoms with van der Waals surface area (Å²) in [7, 11) is 0. The number of hydrogen-bond acceptors (Lipinski definition) is 3. The number of benzene rings is 2. The van der Waals surface area contributed by atoms with Gasteiger partial charge in [0.15, 0.2) is 0 Å². The lowest BCUT2D eigenvalue weighted by Crippen LogP contribution is -2.39. The summed E-state index contributed by atoms with van der Waals surface area (Å²) < 4.78 is 0. The van der Waals surface area contributed by atoms with Crippen molar-refractivity contribution in [2.45, 2.75) is 12.8 Å². The van der Waals surface area contributed by atoms with Crippen LogP contribution in [0.2, 0.25) is 0 Å². The zero-order valence-electron chi connectivity index (χ0n) is 13.2. The number of carbonyl (C=O) groups is 2. The number of aliphatic hydroxyl groups is 1. The molecule has 0 aromatic heterocycles. The first-order valence-corrected chi connectivity index (χ1v) is 7.93. The zero-order valence-corrected chi connectivity index (χ0v) is 13.2. The molecule has 0 saturated carbocycles. The average Bonchev–Trinajstić information content (AvgIpc) is 2.76. The molecule has 2 N–H and O–H groups in total. The first-order chi connectivity index (χ1) is 11.6. The summed E-state index contributed by atoms with van der Waals surface area (Å²) in [6.45, 7) is -0.0142. The van der Waals surface area contributed by atoms with Gasteiger partial charge in [-0.2, -0.15) is 0 Å². The summed E-state index contributed by atoms with van der Waals surface area (Å²) in [6, 6.07) is 15.6. The molecule has 0 bridgehead atoms. The van der Waals surface area contributed by atoms with Gasteiger partial charge in [0.2, 0.25) is 5.91 Å². The van der Waals surface area contributed by atoms with Gasteiger partial charge in [-0.3, -0.25) is 9.59 Å². The van der Waals surface area contributed by atoms with Crippen molar-refractivity contribution in [1.29, 1.82) is 0 Å². The summed E-state index contributed by atoms with van der Waals surface area (Å²) in [4.78, 5) is 25.4. The molecule has 5 nitrogen and oxygen atoms in total. The van der Waals surface area contributed by atoms with Gasteiger partial charge >= 0.3 is 5.97 Å². The molecule has 3 rings (SSSR count). The van der Waals surface area contributed by atoms with E-state index in [1.54, 1.807) is 4.90 Å². The fraction of sp³-hybridized carbons (Fsp3) is 0.263. The smallest absolute Gasteiger partial charge is 0.304 e. The van der Waals surface area contributed by atoms with Crippen LogP contribution in [-0.2, 0) is 16.0 Å². The Morgan fingerprint density at radius 2 is 1.71 bits per heavy atom. The van der Waals surface area contributed by atoms with E-state index < -0.39 is 18.5 Å². The number of carbonyl (C=O) groups excluding carboxylic acids is 1. The van der Waals surface area contributed by atoms with E-state index in [-0.39, 0.29) is 12.3 Å². The number of carboxylic acid groups (broad SMARTS) is 1. The van der Waals surface area contributed by atoms with E-state index in [0.29, 0.717) is 13.0 Å². The predicted molar refractivity (Wildman–Crippen MR) is 90.8 cm³/mol. The van der Waals surface area contributed by atoms with Gasteiger partial charge < -0.3 is 15.1 Å². The number of fused-ring (bicyclic) bond motifs is 3. The second-order valence-electron chi connectivity index (χ2n) is 5.89. The lowest BCUT2D eigenvalue weighted by Gasteiger charge is -2.26. The molecule has 1 aliphatic rings. The minimum atomic E-state index is -1.09. The van der Waals surface area contributed by atoms with Gasteiger partial charge in [0, 0.05) is 12.1 Å². The van der Waals surface area contributed by atoms with E-state index in [2.05, 4.69) is 0 Å². The second-order valence-corrected chi connectivity index (χ2v) is 5.89. The minimum absolute atomic E-state index is 0.347. The fourth-order valence-corrected chi connectivity index (χ4v) is 3.18. The molecule has 1 unspecified atom stereocenters. The molecule has 2 aromatic rings. The molecule has 24 heavy (non-hydrogen) atoms. The van der Waals surface area contributed by atoms with Crippen LogP contribution in [0.1, 0.15) is 12.0 Å². The van der Waals surface area contributed by atoms with Crippen LogP contribution in [0.4, 0.5) is 5.69 Å². The molecule has 2 aromatic carbocycles. The van der Waals surface area contributed by atoms with Gasteiger partial charge in [0.1, 0.15) is 0 Å². The van der Waals surface area contributed by atoms with Gasteiger partial charge in [0.05, 0.1) is 24.6 Å². The molecule has 1 aliphatic heterocycles. The lowest BCUT2D eigenvalue weighted by atomic mass is 9.98. The number of para-hydroxylation sites is 1. The Kier molecular flexibility index (Phi) is 4.62. The van der Waals surface area contributed by atoms with Crippen LogP contribution in [0, 0.1) is 5.92 Å². The number of nitrogens with zero attached hydrogens (tertiary/aromatic N) is 1. The van der Waals surface area contributed by atoms with Gasteiger partial charge in [-0.25, -0.2) is 0 Å². The van der Waals surface area contributed by atoms with Crippen LogP contribution in [-0.4, -0.2) is 35.2 Å². The van der Waals surface area contributed by atoms with Crippen molar-refractivity contribution < 1.29 is 19.8 Å². The van der Waals surface area contributed by atoms with Crippen molar-refractivity contribution in [3.05, 3.63) is 54.1 Å². The first kappa shape index (κ1) is 16.2. The molecule has 1 atom stereocenters. The molecule has 1 amide bonds. The Morgan fingerprint density at radius 1 is 1.04 bits per heavy atom. The SMILES string of the molecule is O=C(O)CC(CO)C(=O)N1CCc2ccccc2-c2ccccc21. The Balaban J connectivity index is 2.02. The number of carboxylic acids is 1. The third kappa shape index (κ3) is 3.03. The number of aliphatic carboxylic acids is 1. The summed E-state index contributed by atoms with van der Waals surface area (Å²) in [5.74, 6) is -2.37. The molecule has 1 heterocycles. The van der Waals surface area contributed by atoms with E-state index >= 15 is 0 Å². The van der Waals surface area contributed by atoms with Gasteiger partial charge in [-0.1, -0.05) is 42.5 Å². The monoisotopic (exact) mass is 325 g/mol. The number of hydrogen-bond donors (Lipinski definition) is 2. The highest BCUT2D eigenvalue weighted by atomic mass is 16.4. The quantitative estimate of drug-likeness (QED) is 0.904. The molecule has 124 valence electrons. The van der Waals surface area contributed by atoms with Crippen LogP contribution in [0.3, 0.4) is 0 Å². The van der Waals surface area contributed by atoms with Gasteiger partial charge in [-0.15, -0.1) is 0 Å². The summed E-state index contributed by atoms with van der Waals surface area (Å²) >= 11 is 0. The van der Waals surface area contributed by atoms with E-state index in [0.717, 1.165) is 22.4 Å². The number of aliphatic hydroxyl groups excluding tert-OH is 1. The van der Waals surface area contributed by atoms with Gasteiger partial charge in [0.25, 0.3) is 0 Å². The minimum Gasteiger partial charge on any atom is -0.481 e. The summed E-state index contributed by atoms with van der Waals surface area (Å²) in [5.41, 5.74) is 3.95. The summed E-state index contributed by atoms with van der Waals surface area (Å²) in [5, 5.41) is 18.4. The fourth-order valence-electron chi connectivity index (χ4n) is 3.18. The normalized spacial score (nSPS) is 14.3. The van der Waals surface area contributed by atoms with Crippen molar-refractivity contribution >= 4 is 17.6 Å². The molecule has 0 spiro atoms. The van der Waals surface area contributed by atoms with Crippen molar-refractivity contribution in [3.63, 3.8) is 0 Å². The van der Waals surface area contributed by atoms with Crippen LogP contribution in [0.15, 0.2) is 48.5 Å². The maximum absolute atomic E-state index is 12.8. The lowest BCUT2D eigenvalue weighted by molar-refractivity contribution is -0.141. The first-order valence-electron chi connectivity index (χ1n) is 7.93. The Labute approximate surface area is 140 Å². The van der Waals surface area contributed by atoms with Crippen LogP contribution < -0.4 is 4.90 Å². The highest BCUT2D eigenvalue weighted by molar-refractivity contribution is 6.01. The van der Waals surface area contributed by atoms with Crippen molar-refractivity contribution in [2.75, 3.05) is 18.1 Å². The molecule has 0 fully saturated rings. The highest BCUT2D eigenvalue weighted by Gasteiger charge is 2.30. The van der Waals surface area contributed by atoms with Crippen molar-refractivity contribution in [1.82, 2.24) is 0 Å². The van der Waals surface area contributed by atoms with E-state index in [4.69, 9.17) is 5.11 Å². The zero-order chi connectivity index (χ0) is 17.1. The molecular formula is C19H19NO4.